The Balaban J connectivity index is 1.62. The molecule has 0 aliphatic heterocycles. The number of hydrogen-bond donors (Lipinski definition) is 2. The van der Waals surface area contributed by atoms with Crippen molar-refractivity contribution < 1.29 is 0 Å². The second kappa shape index (κ2) is 4.31. The van der Waals surface area contributed by atoms with Crippen molar-refractivity contribution in [2.45, 2.75) is 13.0 Å². The predicted octanol–water partition coefficient (Wildman–Crippen LogP) is 2.84. The minimum absolute atomic E-state index is 0.0730. The van der Waals surface area contributed by atoms with Gasteiger partial charge in [-0.05, 0) is 25.1 Å². The summed E-state index contributed by atoms with van der Waals surface area (Å²) in [6.45, 7) is 2.06. The molecule has 0 bridgehead atoms. The average molecular weight is 284 g/mol. The molecule has 4 aromatic heterocycles. The lowest BCUT2D eigenvalue weighted by atomic mass is 10.2. The summed E-state index contributed by atoms with van der Waals surface area (Å²) in [4.78, 5) is 13.1. The Hall–Kier alpha value is -2.41. The van der Waals surface area contributed by atoms with Crippen LogP contribution in [0.5, 0.6) is 0 Å². The van der Waals surface area contributed by atoms with Gasteiger partial charge in [-0.15, -0.1) is 0 Å². The summed E-state index contributed by atoms with van der Waals surface area (Å²) in [6, 6.07) is 6.10. The van der Waals surface area contributed by atoms with Crippen LogP contribution in [0.1, 0.15) is 18.7 Å². The number of aromatic amines is 1. The Bertz CT molecular complexity index is 845. The molecule has 0 radical (unpaired) electrons. The molecule has 2 N–H and O–H groups in total. The fourth-order valence-electron chi connectivity index (χ4n) is 2.17. The number of rotatable bonds is 3. The highest BCUT2D eigenvalue weighted by molar-refractivity contribution is 7.14. The van der Waals surface area contributed by atoms with E-state index in [4.69, 9.17) is 0 Å². The number of anilines is 1. The van der Waals surface area contributed by atoms with E-state index in [0.717, 1.165) is 27.5 Å². The molecular formula is C13H12N6S. The SMILES string of the molecule is CC(Nc1ccc2cc[nH]c2n1)c1cn2ncsc2n1. The van der Waals surface area contributed by atoms with Crippen LogP contribution in [0, 0.1) is 0 Å². The first-order valence-electron chi connectivity index (χ1n) is 6.29. The number of nitrogens with zero attached hydrogens (tertiary/aromatic N) is 4. The number of nitrogens with one attached hydrogen (secondary N) is 2. The van der Waals surface area contributed by atoms with Gasteiger partial charge >= 0.3 is 0 Å². The number of aromatic nitrogens is 5. The topological polar surface area (TPSA) is 70.9 Å². The van der Waals surface area contributed by atoms with E-state index in [1.807, 2.05) is 30.6 Å². The highest BCUT2D eigenvalue weighted by Crippen LogP contribution is 2.20. The van der Waals surface area contributed by atoms with Crippen molar-refractivity contribution in [3.05, 3.63) is 41.8 Å². The summed E-state index contributed by atoms with van der Waals surface area (Å²) in [5.74, 6) is 0.830. The van der Waals surface area contributed by atoms with E-state index >= 15 is 0 Å². The van der Waals surface area contributed by atoms with Crippen LogP contribution in [0.15, 0.2) is 36.1 Å². The van der Waals surface area contributed by atoms with Gasteiger partial charge in [-0.3, -0.25) is 0 Å². The van der Waals surface area contributed by atoms with E-state index in [0.29, 0.717) is 0 Å². The molecule has 0 aliphatic rings. The summed E-state index contributed by atoms with van der Waals surface area (Å²) in [5.41, 5.74) is 3.62. The molecule has 0 aliphatic carbocycles. The Morgan fingerprint density at radius 1 is 1.30 bits per heavy atom. The monoisotopic (exact) mass is 284 g/mol. The van der Waals surface area contributed by atoms with E-state index in [9.17, 15) is 0 Å². The molecule has 4 heterocycles. The molecule has 20 heavy (non-hydrogen) atoms. The van der Waals surface area contributed by atoms with Gasteiger partial charge in [-0.1, -0.05) is 11.3 Å². The molecule has 0 fully saturated rings. The van der Waals surface area contributed by atoms with Crippen molar-refractivity contribution in [3.63, 3.8) is 0 Å². The molecule has 6 nitrogen and oxygen atoms in total. The molecule has 7 heteroatoms. The van der Waals surface area contributed by atoms with E-state index < -0.39 is 0 Å². The minimum Gasteiger partial charge on any atom is -0.362 e. The third-order valence-corrected chi connectivity index (χ3v) is 3.91. The van der Waals surface area contributed by atoms with E-state index in [-0.39, 0.29) is 6.04 Å². The highest BCUT2D eigenvalue weighted by atomic mass is 32.1. The van der Waals surface area contributed by atoms with Gasteiger partial charge in [0.15, 0.2) is 0 Å². The van der Waals surface area contributed by atoms with Crippen LogP contribution in [0.25, 0.3) is 16.0 Å². The fourth-order valence-corrected chi connectivity index (χ4v) is 2.78. The summed E-state index contributed by atoms with van der Waals surface area (Å²) in [7, 11) is 0. The number of imidazole rings is 1. The van der Waals surface area contributed by atoms with Crippen molar-refractivity contribution in [2.75, 3.05) is 5.32 Å². The smallest absolute Gasteiger partial charge is 0.212 e. The van der Waals surface area contributed by atoms with Crippen molar-refractivity contribution in [1.29, 1.82) is 0 Å². The Labute approximate surface area is 118 Å². The molecule has 100 valence electrons. The first-order chi connectivity index (χ1) is 9.79. The number of pyridine rings is 1. The maximum Gasteiger partial charge on any atom is 0.212 e. The first-order valence-corrected chi connectivity index (χ1v) is 7.17. The molecule has 0 aromatic carbocycles. The van der Waals surface area contributed by atoms with Crippen LogP contribution in [-0.4, -0.2) is 24.6 Å². The summed E-state index contributed by atoms with van der Waals surface area (Å²) in [6.07, 6.45) is 3.83. The van der Waals surface area contributed by atoms with Gasteiger partial charge in [0.25, 0.3) is 0 Å². The maximum atomic E-state index is 4.54. The van der Waals surface area contributed by atoms with Crippen LogP contribution in [0.2, 0.25) is 0 Å². The fraction of sp³-hybridized carbons (Fsp3) is 0.154. The van der Waals surface area contributed by atoms with Crippen LogP contribution >= 0.6 is 11.3 Å². The van der Waals surface area contributed by atoms with Crippen molar-refractivity contribution in [1.82, 2.24) is 24.6 Å². The van der Waals surface area contributed by atoms with Crippen molar-refractivity contribution in [2.24, 2.45) is 0 Å². The zero-order chi connectivity index (χ0) is 13.5. The molecule has 4 aromatic rings. The van der Waals surface area contributed by atoms with Crippen LogP contribution in [0.4, 0.5) is 5.82 Å². The van der Waals surface area contributed by atoms with E-state index in [1.165, 1.54) is 11.3 Å². The molecule has 1 unspecified atom stereocenters. The zero-order valence-electron chi connectivity index (χ0n) is 10.7. The van der Waals surface area contributed by atoms with Crippen molar-refractivity contribution >= 4 is 33.1 Å². The lowest BCUT2D eigenvalue weighted by Gasteiger charge is -2.11. The number of hydrogen-bond acceptors (Lipinski definition) is 5. The third kappa shape index (κ3) is 1.83. The van der Waals surface area contributed by atoms with E-state index in [1.54, 1.807) is 10.0 Å². The predicted molar refractivity (Wildman–Crippen MR) is 79.0 cm³/mol. The summed E-state index contributed by atoms with van der Waals surface area (Å²) >= 11 is 1.53. The molecule has 0 saturated heterocycles. The lowest BCUT2D eigenvalue weighted by Crippen LogP contribution is -2.08. The number of H-pyrrole nitrogens is 1. The van der Waals surface area contributed by atoms with Crippen LogP contribution in [0.3, 0.4) is 0 Å². The van der Waals surface area contributed by atoms with Gasteiger partial charge in [0, 0.05) is 11.6 Å². The molecule has 0 amide bonds. The van der Waals surface area contributed by atoms with Gasteiger partial charge in [-0.2, -0.15) is 5.10 Å². The van der Waals surface area contributed by atoms with Gasteiger partial charge in [0.05, 0.1) is 17.9 Å². The first kappa shape index (κ1) is 11.4. The van der Waals surface area contributed by atoms with Crippen LogP contribution in [-0.2, 0) is 0 Å². The minimum atomic E-state index is 0.0730. The quantitative estimate of drug-likeness (QED) is 0.607. The zero-order valence-corrected chi connectivity index (χ0v) is 11.6. The average Bonchev–Trinajstić information content (AvgIpc) is 3.12. The highest BCUT2D eigenvalue weighted by Gasteiger charge is 2.12. The van der Waals surface area contributed by atoms with Gasteiger partial charge in [0.1, 0.15) is 17.0 Å². The molecular weight excluding hydrogens is 272 g/mol. The molecule has 0 spiro atoms. The second-order valence-corrected chi connectivity index (χ2v) is 5.42. The maximum absolute atomic E-state index is 4.54. The van der Waals surface area contributed by atoms with Gasteiger partial charge < -0.3 is 10.3 Å². The standard InChI is InChI=1S/C13H12N6S/c1-8(10-6-19-13(17-10)20-7-15-19)16-11-3-2-9-4-5-14-12(9)18-11/h2-8H,1H3,(H2,14,16,18). The van der Waals surface area contributed by atoms with Crippen molar-refractivity contribution in [3.8, 4) is 0 Å². The molecule has 4 rings (SSSR count). The summed E-state index contributed by atoms with van der Waals surface area (Å²) < 4.78 is 1.79. The lowest BCUT2D eigenvalue weighted by molar-refractivity contribution is 0.839. The Kier molecular flexibility index (Phi) is 2.46. The van der Waals surface area contributed by atoms with Crippen LogP contribution < -0.4 is 5.32 Å². The van der Waals surface area contributed by atoms with Gasteiger partial charge in [0.2, 0.25) is 4.96 Å². The largest absolute Gasteiger partial charge is 0.362 e. The molecule has 1 atom stereocenters. The Morgan fingerprint density at radius 2 is 2.25 bits per heavy atom. The summed E-state index contributed by atoms with van der Waals surface area (Å²) in [5, 5.41) is 8.65. The second-order valence-electron chi connectivity index (χ2n) is 4.61. The van der Waals surface area contributed by atoms with Gasteiger partial charge in [-0.25, -0.2) is 14.5 Å². The third-order valence-electron chi connectivity index (χ3n) is 3.22. The normalized spacial score (nSPS) is 13.1. The number of fused-ring (bicyclic) bond motifs is 2. The Morgan fingerprint density at radius 3 is 3.15 bits per heavy atom. The molecule has 0 saturated carbocycles. The van der Waals surface area contributed by atoms with E-state index in [2.05, 4.69) is 32.3 Å².